The maximum atomic E-state index is 11.1. The minimum Gasteiger partial charge on any atom is -0.466 e. The minimum absolute atomic E-state index is 0.131. The van der Waals surface area contributed by atoms with Crippen molar-refractivity contribution in [1.29, 1.82) is 0 Å². The molecule has 4 heteroatoms. The number of carbonyl (C=O) groups is 1. The Balaban J connectivity index is 2.28. The van der Waals surface area contributed by atoms with Crippen molar-refractivity contribution in [2.45, 2.75) is 45.4 Å². The first-order chi connectivity index (χ1) is 7.97. The van der Waals surface area contributed by atoms with E-state index < -0.39 is 0 Å². The van der Waals surface area contributed by atoms with Crippen LogP contribution in [0.3, 0.4) is 0 Å². The van der Waals surface area contributed by atoms with Crippen LogP contribution >= 0.6 is 0 Å². The fourth-order valence-corrected chi connectivity index (χ4v) is 1.77. The summed E-state index contributed by atoms with van der Waals surface area (Å²) in [5.41, 5.74) is -0.198. The lowest BCUT2D eigenvalue weighted by atomic mass is 10.2. The van der Waals surface area contributed by atoms with E-state index in [1.165, 1.54) is 0 Å². The Morgan fingerprint density at radius 3 is 2.82 bits per heavy atom. The molecule has 1 aliphatic rings. The summed E-state index contributed by atoms with van der Waals surface area (Å²) in [6.45, 7) is 7.09. The first-order valence-corrected chi connectivity index (χ1v) is 6.16. The molecule has 1 rings (SSSR count). The van der Waals surface area contributed by atoms with Crippen LogP contribution in [0.1, 0.15) is 33.6 Å². The molecule has 0 saturated carbocycles. The van der Waals surface area contributed by atoms with Crippen LogP contribution in [0.5, 0.6) is 0 Å². The van der Waals surface area contributed by atoms with Gasteiger partial charge in [-0.3, -0.25) is 9.69 Å². The van der Waals surface area contributed by atoms with Gasteiger partial charge in [0.25, 0.3) is 0 Å². The van der Waals surface area contributed by atoms with Gasteiger partial charge in [0, 0.05) is 6.42 Å². The van der Waals surface area contributed by atoms with E-state index in [-0.39, 0.29) is 11.7 Å². The Bertz CT molecular complexity index is 286. The van der Waals surface area contributed by atoms with Crippen LogP contribution in [0.25, 0.3) is 0 Å². The van der Waals surface area contributed by atoms with Crippen LogP contribution in [0.4, 0.5) is 0 Å². The van der Waals surface area contributed by atoms with Crippen LogP contribution in [0.15, 0.2) is 12.2 Å². The second-order valence-electron chi connectivity index (χ2n) is 4.71. The number of hydrogen-bond donors (Lipinski definition) is 0. The molecule has 1 atom stereocenters. The van der Waals surface area contributed by atoms with Gasteiger partial charge < -0.3 is 9.47 Å². The van der Waals surface area contributed by atoms with E-state index in [0.717, 1.165) is 6.42 Å². The van der Waals surface area contributed by atoms with Gasteiger partial charge in [-0.15, -0.1) is 0 Å². The highest BCUT2D eigenvalue weighted by Crippen LogP contribution is 2.25. The number of ether oxygens (including phenoxy) is 2. The number of nitrogens with zero attached hydrogens (tertiary/aromatic N) is 1. The molecule has 0 aliphatic carbocycles. The number of esters is 1. The molecule has 1 heterocycles. The molecular formula is C13H23NO3. The quantitative estimate of drug-likeness (QED) is 0.545. The summed E-state index contributed by atoms with van der Waals surface area (Å²) < 4.78 is 10.5. The highest BCUT2D eigenvalue weighted by Gasteiger charge is 2.35. The fraction of sp³-hybridized carbons (Fsp3) is 0.769. The normalized spacial score (nSPS) is 24.4. The lowest BCUT2D eigenvalue weighted by Gasteiger charge is -2.28. The third-order valence-corrected chi connectivity index (χ3v) is 3.13. The van der Waals surface area contributed by atoms with Crippen molar-refractivity contribution in [3.8, 4) is 0 Å². The first-order valence-electron chi connectivity index (χ1n) is 6.16. The summed E-state index contributed by atoms with van der Waals surface area (Å²) >= 11 is 0. The van der Waals surface area contributed by atoms with Crippen molar-refractivity contribution in [1.82, 2.24) is 4.90 Å². The highest BCUT2D eigenvalue weighted by molar-refractivity contribution is 5.69. The maximum Gasteiger partial charge on any atom is 0.306 e. The molecule has 0 aromatic rings. The molecular weight excluding hydrogens is 218 g/mol. The zero-order valence-electron chi connectivity index (χ0n) is 11.2. The van der Waals surface area contributed by atoms with Gasteiger partial charge in [0.2, 0.25) is 0 Å². The molecule has 0 bridgehead atoms. The van der Waals surface area contributed by atoms with Crippen LogP contribution in [-0.4, -0.2) is 42.9 Å². The van der Waals surface area contributed by atoms with Gasteiger partial charge in [-0.25, -0.2) is 0 Å². The molecule has 0 unspecified atom stereocenters. The molecule has 98 valence electrons. The third kappa shape index (κ3) is 4.13. The molecule has 0 amide bonds. The predicted molar refractivity (Wildman–Crippen MR) is 66.6 cm³/mol. The van der Waals surface area contributed by atoms with Crippen LogP contribution in [0.2, 0.25) is 0 Å². The van der Waals surface area contributed by atoms with Gasteiger partial charge in [0.1, 0.15) is 5.72 Å². The van der Waals surface area contributed by atoms with Crippen molar-refractivity contribution in [2.75, 3.05) is 20.3 Å². The molecule has 1 aliphatic heterocycles. The molecule has 0 aromatic heterocycles. The van der Waals surface area contributed by atoms with Crippen LogP contribution in [0, 0.1) is 0 Å². The van der Waals surface area contributed by atoms with Gasteiger partial charge in [-0.05, 0) is 34.2 Å². The van der Waals surface area contributed by atoms with E-state index in [0.29, 0.717) is 25.7 Å². The number of likely N-dealkylation sites (N-methyl/N-ethyl adjacent to an activating group) is 1. The zero-order chi connectivity index (χ0) is 12.9. The van der Waals surface area contributed by atoms with E-state index in [4.69, 9.17) is 9.47 Å². The van der Waals surface area contributed by atoms with Crippen molar-refractivity contribution < 1.29 is 14.3 Å². The van der Waals surface area contributed by atoms with Gasteiger partial charge >= 0.3 is 5.97 Å². The van der Waals surface area contributed by atoms with E-state index in [9.17, 15) is 4.79 Å². The average molecular weight is 241 g/mol. The fourth-order valence-electron chi connectivity index (χ4n) is 1.77. The largest absolute Gasteiger partial charge is 0.466 e. The van der Waals surface area contributed by atoms with Crippen LogP contribution in [-0.2, 0) is 14.3 Å². The molecule has 4 nitrogen and oxygen atoms in total. The third-order valence-electron chi connectivity index (χ3n) is 3.13. The monoisotopic (exact) mass is 241 g/mol. The minimum atomic E-state index is -0.198. The zero-order valence-corrected chi connectivity index (χ0v) is 11.2. The first kappa shape index (κ1) is 14.2. The lowest BCUT2D eigenvalue weighted by molar-refractivity contribution is -0.143. The standard InChI is InChI=1S/C13H23NO3/c1-5-16-12(15)9-7-6-8-11-10-17-13(2,3)14(11)4/h6,8,11H,5,7,9-10H2,1-4H3/t11-/m1/s1. The van der Waals surface area contributed by atoms with E-state index >= 15 is 0 Å². The van der Waals surface area contributed by atoms with Gasteiger partial charge in [0.05, 0.1) is 19.3 Å². The topological polar surface area (TPSA) is 38.8 Å². The van der Waals surface area contributed by atoms with Crippen molar-refractivity contribution in [2.24, 2.45) is 0 Å². The smallest absolute Gasteiger partial charge is 0.306 e. The molecule has 0 N–H and O–H groups in total. The van der Waals surface area contributed by atoms with Crippen molar-refractivity contribution in [3.63, 3.8) is 0 Å². The summed E-state index contributed by atoms with van der Waals surface area (Å²) in [7, 11) is 2.05. The maximum absolute atomic E-state index is 11.1. The van der Waals surface area contributed by atoms with Crippen molar-refractivity contribution >= 4 is 5.97 Å². The molecule has 0 radical (unpaired) electrons. The number of allylic oxidation sites excluding steroid dienone is 1. The summed E-state index contributed by atoms with van der Waals surface area (Å²) in [6.07, 6.45) is 5.31. The summed E-state index contributed by atoms with van der Waals surface area (Å²) in [5.74, 6) is -0.131. The van der Waals surface area contributed by atoms with Gasteiger partial charge in [-0.1, -0.05) is 12.2 Å². The summed E-state index contributed by atoms with van der Waals surface area (Å²) in [4.78, 5) is 13.3. The molecule has 0 spiro atoms. The number of carbonyl (C=O) groups excluding carboxylic acids is 1. The SMILES string of the molecule is CCOC(=O)CCC=C[C@@H]1COC(C)(C)N1C. The molecule has 1 saturated heterocycles. The molecule has 17 heavy (non-hydrogen) atoms. The van der Waals surface area contributed by atoms with Gasteiger partial charge in [0.15, 0.2) is 0 Å². The van der Waals surface area contributed by atoms with E-state index in [1.807, 2.05) is 20.0 Å². The molecule has 1 fully saturated rings. The number of hydrogen-bond acceptors (Lipinski definition) is 4. The Labute approximate surface area is 104 Å². The van der Waals surface area contributed by atoms with Gasteiger partial charge in [-0.2, -0.15) is 0 Å². The summed E-state index contributed by atoms with van der Waals surface area (Å²) in [5, 5.41) is 0. The lowest BCUT2D eigenvalue weighted by Crippen LogP contribution is -2.39. The van der Waals surface area contributed by atoms with Crippen LogP contribution < -0.4 is 0 Å². The van der Waals surface area contributed by atoms with E-state index in [2.05, 4.69) is 24.8 Å². The Morgan fingerprint density at radius 2 is 2.29 bits per heavy atom. The Kier molecular flexibility index (Phi) is 5.15. The second-order valence-corrected chi connectivity index (χ2v) is 4.71. The second kappa shape index (κ2) is 6.17. The van der Waals surface area contributed by atoms with Crippen molar-refractivity contribution in [3.05, 3.63) is 12.2 Å². The number of rotatable bonds is 5. The average Bonchev–Trinajstić information content (AvgIpc) is 2.51. The predicted octanol–water partition coefficient (Wildman–Crippen LogP) is 1.95. The Morgan fingerprint density at radius 1 is 1.59 bits per heavy atom. The highest BCUT2D eigenvalue weighted by atomic mass is 16.5. The van der Waals surface area contributed by atoms with E-state index in [1.54, 1.807) is 0 Å². The summed E-state index contributed by atoms with van der Waals surface area (Å²) in [6, 6.07) is 0.298. The molecule has 0 aromatic carbocycles. The Hall–Kier alpha value is -0.870.